The van der Waals surface area contributed by atoms with Crippen LogP contribution in [-0.4, -0.2) is 17.0 Å². The van der Waals surface area contributed by atoms with Crippen LogP contribution < -0.4 is 0 Å². The van der Waals surface area contributed by atoms with E-state index < -0.39 is 0 Å². The molecule has 1 N–H and O–H groups in total. The van der Waals surface area contributed by atoms with Crippen molar-refractivity contribution >= 4 is 5.78 Å². The van der Waals surface area contributed by atoms with E-state index >= 15 is 0 Å². The number of rotatable bonds is 4. The summed E-state index contributed by atoms with van der Waals surface area (Å²) in [6, 6.07) is 0. The van der Waals surface area contributed by atoms with Crippen LogP contribution in [0.4, 0.5) is 0 Å². The van der Waals surface area contributed by atoms with Gasteiger partial charge in [-0.05, 0) is 79.9 Å². The molecule has 0 aliphatic heterocycles. The average Bonchev–Trinajstić information content (AvgIpc) is 2.53. The molecule has 4 atom stereocenters. The Kier molecular flexibility index (Phi) is 4.83. The van der Waals surface area contributed by atoms with Gasteiger partial charge in [0, 0.05) is 6.42 Å². The maximum atomic E-state index is 11.7. The molecule has 1 saturated carbocycles. The fourth-order valence-corrected chi connectivity index (χ4v) is 5.99. The van der Waals surface area contributed by atoms with Crippen LogP contribution >= 0.6 is 0 Å². The van der Waals surface area contributed by atoms with Crippen molar-refractivity contribution in [1.29, 1.82) is 0 Å². The maximum absolute atomic E-state index is 11.7. The fourth-order valence-electron chi connectivity index (χ4n) is 5.99. The first-order valence-electron chi connectivity index (χ1n) is 9.67. The van der Waals surface area contributed by atoms with Gasteiger partial charge in [0.2, 0.25) is 0 Å². The topological polar surface area (TPSA) is 37.3 Å². The summed E-state index contributed by atoms with van der Waals surface area (Å²) < 4.78 is 0. The third-order valence-corrected chi connectivity index (χ3v) is 6.98. The Morgan fingerprint density at radius 1 is 1.26 bits per heavy atom. The number of aliphatic hydroxyl groups excluding tert-OH is 1. The summed E-state index contributed by atoms with van der Waals surface area (Å²) in [4.78, 5) is 11.7. The predicted octanol–water partition coefficient (Wildman–Crippen LogP) is 4.97. The molecule has 0 saturated heterocycles. The Bertz CT molecular complexity index is 540. The van der Waals surface area contributed by atoms with Gasteiger partial charge in [-0.3, -0.25) is 4.79 Å². The zero-order valence-corrected chi connectivity index (χ0v) is 15.0. The molecule has 3 unspecified atom stereocenters. The van der Waals surface area contributed by atoms with Crippen LogP contribution in [0.25, 0.3) is 0 Å². The summed E-state index contributed by atoms with van der Waals surface area (Å²) in [5.41, 5.74) is 4.61. The van der Waals surface area contributed by atoms with Gasteiger partial charge in [0.1, 0.15) is 0 Å². The summed E-state index contributed by atoms with van der Waals surface area (Å²) >= 11 is 0. The van der Waals surface area contributed by atoms with Crippen LogP contribution in [0.3, 0.4) is 0 Å². The fraction of sp³-hybridized carbons (Fsp3) is 0.762. The highest BCUT2D eigenvalue weighted by Crippen LogP contribution is 2.57. The van der Waals surface area contributed by atoms with Crippen LogP contribution in [0, 0.1) is 17.3 Å². The van der Waals surface area contributed by atoms with Crippen LogP contribution in [0.5, 0.6) is 0 Å². The molecule has 2 heteroatoms. The first kappa shape index (κ1) is 17.0. The van der Waals surface area contributed by atoms with Crippen molar-refractivity contribution in [2.24, 2.45) is 17.3 Å². The highest BCUT2D eigenvalue weighted by atomic mass is 16.3. The zero-order valence-electron chi connectivity index (χ0n) is 15.0. The molecule has 0 aromatic carbocycles. The van der Waals surface area contributed by atoms with Crippen molar-refractivity contribution in [2.45, 2.75) is 84.7 Å². The standard InChI is InChI=1S/C21H32O2/c1-4-11-21(14(3)22)12-10-18-17-9-7-16(23)13-15(17)6-8-19(18)20(21)5-2/h13-14,19-20,22H,4-12H2,1-3H3/t14?,19-,20?,21?/m1/s1. The minimum Gasteiger partial charge on any atom is -0.393 e. The van der Waals surface area contributed by atoms with E-state index in [-0.39, 0.29) is 11.5 Å². The first-order chi connectivity index (χ1) is 11.0. The van der Waals surface area contributed by atoms with Gasteiger partial charge in [0.25, 0.3) is 0 Å². The predicted molar refractivity (Wildman–Crippen MR) is 94.1 cm³/mol. The van der Waals surface area contributed by atoms with E-state index in [4.69, 9.17) is 0 Å². The molecule has 0 amide bonds. The highest BCUT2D eigenvalue weighted by molar-refractivity contribution is 5.93. The molecular weight excluding hydrogens is 284 g/mol. The Morgan fingerprint density at radius 2 is 2.04 bits per heavy atom. The molecule has 0 aromatic heterocycles. The Hall–Kier alpha value is -0.890. The Labute approximate surface area is 141 Å². The summed E-state index contributed by atoms with van der Waals surface area (Å²) in [6.07, 6.45) is 11.3. The summed E-state index contributed by atoms with van der Waals surface area (Å²) in [7, 11) is 0. The Morgan fingerprint density at radius 3 is 2.70 bits per heavy atom. The summed E-state index contributed by atoms with van der Waals surface area (Å²) in [5, 5.41) is 10.6. The average molecular weight is 316 g/mol. The van der Waals surface area contributed by atoms with Crippen LogP contribution in [0.2, 0.25) is 0 Å². The molecule has 1 fully saturated rings. The van der Waals surface area contributed by atoms with Gasteiger partial charge in [0.15, 0.2) is 5.78 Å². The molecule has 0 aromatic rings. The summed E-state index contributed by atoms with van der Waals surface area (Å²) in [5.74, 6) is 1.54. The number of fused-ring (bicyclic) bond motifs is 2. The van der Waals surface area contributed by atoms with Gasteiger partial charge in [-0.15, -0.1) is 0 Å². The van der Waals surface area contributed by atoms with Crippen molar-refractivity contribution in [3.63, 3.8) is 0 Å². The van der Waals surface area contributed by atoms with E-state index in [1.807, 2.05) is 13.0 Å². The third kappa shape index (κ3) is 2.73. The minimum atomic E-state index is -0.219. The lowest BCUT2D eigenvalue weighted by atomic mass is 9.52. The van der Waals surface area contributed by atoms with E-state index in [1.54, 1.807) is 5.57 Å². The van der Waals surface area contributed by atoms with E-state index in [2.05, 4.69) is 13.8 Å². The molecule has 23 heavy (non-hydrogen) atoms. The molecule has 0 heterocycles. The van der Waals surface area contributed by atoms with Crippen molar-refractivity contribution in [3.05, 3.63) is 22.8 Å². The maximum Gasteiger partial charge on any atom is 0.156 e. The molecule has 0 spiro atoms. The molecule has 3 aliphatic rings. The highest BCUT2D eigenvalue weighted by Gasteiger charge is 2.49. The van der Waals surface area contributed by atoms with Crippen LogP contribution in [0.1, 0.15) is 78.6 Å². The van der Waals surface area contributed by atoms with E-state index in [1.165, 1.54) is 17.6 Å². The summed E-state index contributed by atoms with van der Waals surface area (Å²) in [6.45, 7) is 6.57. The minimum absolute atomic E-state index is 0.101. The van der Waals surface area contributed by atoms with E-state index in [0.29, 0.717) is 24.0 Å². The number of carbonyl (C=O) groups excluding carboxylic acids is 1. The molecule has 0 bridgehead atoms. The number of ketones is 1. The van der Waals surface area contributed by atoms with Gasteiger partial charge in [-0.25, -0.2) is 0 Å². The monoisotopic (exact) mass is 316 g/mol. The number of carbonyl (C=O) groups is 1. The molecule has 0 radical (unpaired) electrons. The zero-order chi connectivity index (χ0) is 16.6. The Balaban J connectivity index is 2.00. The normalized spacial score (nSPS) is 35.5. The van der Waals surface area contributed by atoms with E-state index in [0.717, 1.165) is 44.9 Å². The molecular formula is C21H32O2. The largest absolute Gasteiger partial charge is 0.393 e. The smallest absolute Gasteiger partial charge is 0.156 e. The molecule has 3 rings (SSSR count). The number of hydrogen-bond donors (Lipinski definition) is 1. The lowest BCUT2D eigenvalue weighted by Gasteiger charge is -2.53. The van der Waals surface area contributed by atoms with Gasteiger partial charge < -0.3 is 5.11 Å². The second kappa shape index (κ2) is 6.55. The first-order valence-corrected chi connectivity index (χ1v) is 9.67. The van der Waals surface area contributed by atoms with Crippen molar-refractivity contribution < 1.29 is 9.90 Å². The van der Waals surface area contributed by atoms with Crippen molar-refractivity contribution in [2.75, 3.05) is 0 Å². The van der Waals surface area contributed by atoms with Gasteiger partial charge in [0.05, 0.1) is 6.10 Å². The SMILES string of the molecule is CCCC1(C(C)O)CCC2=C3CCC(=O)C=C3CC[C@H]2C1CC. The molecule has 3 aliphatic carbocycles. The lowest BCUT2D eigenvalue weighted by molar-refractivity contribution is -0.114. The van der Waals surface area contributed by atoms with Gasteiger partial charge in [-0.2, -0.15) is 0 Å². The van der Waals surface area contributed by atoms with E-state index in [9.17, 15) is 9.90 Å². The molecule has 128 valence electrons. The second-order valence-electron chi connectivity index (χ2n) is 7.96. The van der Waals surface area contributed by atoms with Crippen LogP contribution in [0.15, 0.2) is 22.8 Å². The second-order valence-corrected chi connectivity index (χ2v) is 7.96. The number of aliphatic hydroxyl groups is 1. The van der Waals surface area contributed by atoms with Crippen molar-refractivity contribution in [3.8, 4) is 0 Å². The van der Waals surface area contributed by atoms with Crippen molar-refractivity contribution in [1.82, 2.24) is 0 Å². The number of allylic oxidation sites excluding steroid dienone is 4. The quantitative estimate of drug-likeness (QED) is 0.795. The van der Waals surface area contributed by atoms with Crippen LogP contribution in [-0.2, 0) is 4.79 Å². The molecule has 2 nitrogen and oxygen atoms in total. The third-order valence-electron chi connectivity index (χ3n) is 6.98. The van der Waals surface area contributed by atoms with Gasteiger partial charge >= 0.3 is 0 Å². The number of hydrogen-bond acceptors (Lipinski definition) is 2. The van der Waals surface area contributed by atoms with Gasteiger partial charge in [-0.1, -0.05) is 32.3 Å². The lowest BCUT2D eigenvalue weighted by Crippen LogP contribution is -2.48.